The molecule has 1 aliphatic rings. The minimum absolute atomic E-state index is 0.990. The normalized spacial score (nSPS) is 12.6. The molecule has 7 aromatic rings. The van der Waals surface area contributed by atoms with Gasteiger partial charge in [-0.1, -0.05) is 115 Å². The summed E-state index contributed by atoms with van der Waals surface area (Å²) in [5.41, 5.74) is 13.3. The largest absolute Gasteiger partial charge is 0.310 e. The number of benzene rings is 6. The minimum Gasteiger partial charge on any atom is -0.310 e. The summed E-state index contributed by atoms with van der Waals surface area (Å²) in [6, 6.07) is 52.9. The minimum atomic E-state index is 0.990. The van der Waals surface area contributed by atoms with Gasteiger partial charge in [-0.15, -0.1) is 0 Å². The Morgan fingerprint density at radius 2 is 1.14 bits per heavy atom. The summed E-state index contributed by atoms with van der Waals surface area (Å²) in [7, 11) is 0. The van der Waals surface area contributed by atoms with Crippen molar-refractivity contribution in [1.29, 1.82) is 0 Å². The van der Waals surface area contributed by atoms with Crippen LogP contribution in [0.1, 0.15) is 17.5 Å². The van der Waals surface area contributed by atoms with Gasteiger partial charge in [0.15, 0.2) is 0 Å². The highest BCUT2D eigenvalue weighted by Gasteiger charge is 2.18. The average molecular weight is 565 g/mol. The average Bonchev–Trinajstić information content (AvgIpc) is 3.74. The van der Waals surface area contributed by atoms with Crippen molar-refractivity contribution in [2.45, 2.75) is 13.3 Å². The van der Waals surface area contributed by atoms with Crippen LogP contribution in [0, 0.1) is 6.92 Å². The Kier molecular flexibility index (Phi) is 6.46. The zero-order chi connectivity index (χ0) is 29.5. The number of aryl methyl sites for hydroxylation is 1. The van der Waals surface area contributed by atoms with Crippen molar-refractivity contribution in [3.8, 4) is 16.8 Å². The van der Waals surface area contributed by atoms with E-state index >= 15 is 0 Å². The van der Waals surface area contributed by atoms with E-state index in [1.54, 1.807) is 0 Å². The first kappa shape index (κ1) is 26.1. The molecule has 44 heavy (non-hydrogen) atoms. The maximum atomic E-state index is 2.40. The zero-order valence-corrected chi connectivity index (χ0v) is 24.7. The first-order valence-electron chi connectivity index (χ1n) is 15.2. The number of anilines is 3. The molecule has 210 valence electrons. The maximum Gasteiger partial charge on any atom is 0.0561 e. The lowest BCUT2D eigenvalue weighted by Gasteiger charge is -2.26. The van der Waals surface area contributed by atoms with Gasteiger partial charge in [0.2, 0.25) is 0 Å². The zero-order valence-electron chi connectivity index (χ0n) is 24.7. The van der Waals surface area contributed by atoms with Crippen molar-refractivity contribution in [1.82, 2.24) is 4.57 Å². The van der Waals surface area contributed by atoms with Crippen LogP contribution in [-0.4, -0.2) is 4.57 Å². The van der Waals surface area contributed by atoms with Crippen molar-refractivity contribution in [3.63, 3.8) is 0 Å². The van der Waals surface area contributed by atoms with Crippen LogP contribution in [0.2, 0.25) is 0 Å². The highest BCUT2D eigenvalue weighted by Crippen LogP contribution is 2.40. The van der Waals surface area contributed by atoms with E-state index in [0.717, 1.165) is 23.5 Å². The van der Waals surface area contributed by atoms with Gasteiger partial charge in [-0.05, 0) is 90.2 Å². The highest BCUT2D eigenvalue weighted by molar-refractivity contribution is 6.10. The van der Waals surface area contributed by atoms with E-state index in [4.69, 9.17) is 0 Å². The Labute approximate surface area is 258 Å². The number of allylic oxidation sites excluding steroid dienone is 4. The number of nitrogens with zero attached hydrogens (tertiary/aromatic N) is 2. The molecule has 2 heteroatoms. The van der Waals surface area contributed by atoms with Gasteiger partial charge in [-0.25, -0.2) is 0 Å². The molecule has 0 N–H and O–H groups in total. The number of hydrogen-bond donors (Lipinski definition) is 0. The molecule has 2 nitrogen and oxygen atoms in total. The molecular weight excluding hydrogens is 532 g/mol. The number of para-hydroxylation sites is 1. The predicted molar refractivity (Wildman–Crippen MR) is 187 cm³/mol. The Morgan fingerprint density at radius 3 is 1.84 bits per heavy atom. The molecule has 0 fully saturated rings. The molecule has 0 radical (unpaired) electrons. The molecule has 1 aliphatic carbocycles. The summed E-state index contributed by atoms with van der Waals surface area (Å²) >= 11 is 0. The molecular formula is C42H32N2. The second-order valence-electron chi connectivity index (χ2n) is 11.5. The van der Waals surface area contributed by atoms with Gasteiger partial charge in [-0.3, -0.25) is 0 Å². The third kappa shape index (κ3) is 4.62. The van der Waals surface area contributed by atoms with Crippen LogP contribution in [0.15, 0.2) is 164 Å². The molecule has 0 aliphatic heterocycles. The monoisotopic (exact) mass is 564 g/mol. The maximum absolute atomic E-state index is 2.40. The van der Waals surface area contributed by atoms with Gasteiger partial charge in [-0.2, -0.15) is 0 Å². The lowest BCUT2D eigenvalue weighted by atomic mass is 10.0. The fourth-order valence-electron chi connectivity index (χ4n) is 6.44. The van der Waals surface area contributed by atoms with Gasteiger partial charge in [0.1, 0.15) is 0 Å². The van der Waals surface area contributed by atoms with Crippen LogP contribution in [-0.2, 0) is 0 Å². The summed E-state index contributed by atoms with van der Waals surface area (Å²) in [5, 5.41) is 2.51. The van der Waals surface area contributed by atoms with Gasteiger partial charge >= 0.3 is 0 Å². The Bertz CT molecular complexity index is 2160. The van der Waals surface area contributed by atoms with E-state index in [1.165, 1.54) is 55.3 Å². The third-order valence-electron chi connectivity index (χ3n) is 8.71. The summed E-state index contributed by atoms with van der Waals surface area (Å²) in [5.74, 6) is 0. The molecule has 0 spiro atoms. The molecule has 0 amide bonds. The van der Waals surface area contributed by atoms with E-state index in [2.05, 4.69) is 180 Å². The fourth-order valence-corrected chi connectivity index (χ4v) is 6.44. The van der Waals surface area contributed by atoms with Crippen LogP contribution < -0.4 is 4.90 Å². The smallest absolute Gasteiger partial charge is 0.0561 e. The van der Waals surface area contributed by atoms with E-state index in [0.29, 0.717) is 0 Å². The fraction of sp³-hybridized carbons (Fsp3) is 0.0476. The summed E-state index contributed by atoms with van der Waals surface area (Å²) in [6.07, 6.45) is 7.57. The molecule has 0 saturated heterocycles. The molecule has 6 aromatic carbocycles. The lowest BCUT2D eigenvalue weighted by Crippen LogP contribution is -2.10. The van der Waals surface area contributed by atoms with Crippen molar-refractivity contribution in [2.24, 2.45) is 0 Å². The molecule has 1 heterocycles. The molecule has 0 saturated carbocycles. The molecule has 8 rings (SSSR count). The van der Waals surface area contributed by atoms with Gasteiger partial charge in [0, 0.05) is 33.5 Å². The number of fused-ring (bicyclic) bond motifs is 3. The first-order valence-corrected chi connectivity index (χ1v) is 15.2. The predicted octanol–water partition coefficient (Wildman–Crippen LogP) is 11.6. The van der Waals surface area contributed by atoms with Crippen molar-refractivity contribution in [3.05, 3.63) is 175 Å². The molecule has 1 aromatic heterocycles. The summed E-state index contributed by atoms with van der Waals surface area (Å²) in [6.45, 7) is 2.14. The van der Waals surface area contributed by atoms with E-state index in [9.17, 15) is 0 Å². The van der Waals surface area contributed by atoms with Crippen LogP contribution in [0.4, 0.5) is 17.1 Å². The van der Waals surface area contributed by atoms with Gasteiger partial charge in [0.25, 0.3) is 0 Å². The van der Waals surface area contributed by atoms with Crippen molar-refractivity contribution < 1.29 is 0 Å². The Balaban J connectivity index is 1.30. The number of aromatic nitrogens is 1. The number of rotatable bonds is 6. The van der Waals surface area contributed by atoms with Gasteiger partial charge in [0.05, 0.1) is 11.0 Å². The lowest BCUT2D eigenvalue weighted by molar-refractivity contribution is 1.17. The standard InChI is InChI=1S/C42H32N2/c1-30-15-21-37(22-16-30)44-41-14-8-7-13-39(41)40-28-27-38(29-42(40)44)43(36-25-19-34(20-26-36)32-11-5-6-12-32)35-23-17-33(18-24-35)31-9-3-2-4-10-31/h2-11,13-29H,12H2,1H3. The Hall–Kier alpha value is -5.60. The molecule has 0 unspecified atom stereocenters. The highest BCUT2D eigenvalue weighted by atomic mass is 15.1. The second kappa shape index (κ2) is 10.9. The molecule has 0 atom stereocenters. The van der Waals surface area contributed by atoms with Crippen molar-refractivity contribution >= 4 is 44.4 Å². The Morgan fingerprint density at radius 1 is 0.523 bits per heavy atom. The van der Waals surface area contributed by atoms with Crippen molar-refractivity contribution in [2.75, 3.05) is 4.90 Å². The molecule has 0 bridgehead atoms. The van der Waals surface area contributed by atoms with Crippen LogP contribution in [0.3, 0.4) is 0 Å². The first-order chi connectivity index (χ1) is 21.7. The van der Waals surface area contributed by atoms with Crippen LogP contribution in [0.25, 0.3) is 44.2 Å². The quantitative estimate of drug-likeness (QED) is 0.195. The van der Waals surface area contributed by atoms with E-state index in [1.807, 2.05) is 0 Å². The van der Waals surface area contributed by atoms with Gasteiger partial charge < -0.3 is 9.47 Å². The van der Waals surface area contributed by atoms with E-state index < -0.39 is 0 Å². The summed E-state index contributed by atoms with van der Waals surface area (Å²) < 4.78 is 2.40. The third-order valence-corrected chi connectivity index (χ3v) is 8.71. The van der Waals surface area contributed by atoms with Crippen LogP contribution >= 0.6 is 0 Å². The number of hydrogen-bond acceptors (Lipinski definition) is 1. The van der Waals surface area contributed by atoms with Crippen LogP contribution in [0.5, 0.6) is 0 Å². The summed E-state index contributed by atoms with van der Waals surface area (Å²) in [4.78, 5) is 2.37. The second-order valence-corrected chi connectivity index (χ2v) is 11.5. The van der Waals surface area contributed by atoms with E-state index in [-0.39, 0.29) is 0 Å². The SMILES string of the molecule is Cc1ccc(-n2c3ccccc3c3ccc(N(c4ccc(C5=CC=CC5)cc4)c4ccc(-c5ccccc5)cc4)cc32)cc1. The topological polar surface area (TPSA) is 8.17 Å².